The molecule has 2 saturated heterocycles. The summed E-state index contributed by atoms with van der Waals surface area (Å²) in [6.45, 7) is 0. The molecule has 1 aromatic rings. The van der Waals surface area contributed by atoms with Crippen LogP contribution in [0, 0.1) is 20.2 Å². The lowest BCUT2D eigenvalue weighted by atomic mass is 9.84. The van der Waals surface area contributed by atoms with E-state index in [2.05, 4.69) is 0 Å². The summed E-state index contributed by atoms with van der Waals surface area (Å²) in [6.07, 6.45) is 3.35. The second kappa shape index (κ2) is 4.11. The Morgan fingerprint density at radius 1 is 1.23 bits per heavy atom. The summed E-state index contributed by atoms with van der Waals surface area (Å²) in [4.78, 5) is 20.8. The van der Waals surface area contributed by atoms with Gasteiger partial charge >= 0.3 is 4.87 Å². The molecule has 0 aromatic heterocycles. The third kappa shape index (κ3) is 1.56. The van der Waals surface area contributed by atoms with Gasteiger partial charge in [0.05, 0.1) is 10.5 Å². The largest absolute Gasteiger partial charge is 0.305 e. The van der Waals surface area contributed by atoms with Crippen LogP contribution in [0.4, 0.5) is 5.69 Å². The van der Waals surface area contributed by atoms with Gasteiger partial charge in [0.15, 0.2) is 4.75 Å². The molecule has 4 atom stereocenters. The Balaban J connectivity index is 1.93. The summed E-state index contributed by atoms with van der Waals surface area (Å²) < 4.78 is -1.82. The predicted molar refractivity (Wildman–Crippen MR) is 86.2 cm³/mol. The van der Waals surface area contributed by atoms with Crippen molar-refractivity contribution in [3.05, 3.63) is 61.2 Å². The maximum atomic E-state index is 11.7. The number of fused-ring (bicyclic) bond motifs is 3. The number of rotatable bonds is 3. The molecule has 0 saturated carbocycles. The van der Waals surface area contributed by atoms with Gasteiger partial charge in [-0.3, -0.25) is 20.2 Å². The minimum absolute atomic E-state index is 0.207. The van der Waals surface area contributed by atoms with E-state index in [1.807, 2.05) is 0 Å². The Morgan fingerprint density at radius 2 is 1.95 bits per heavy atom. The molecule has 2 aliphatic heterocycles. The van der Waals surface area contributed by atoms with Gasteiger partial charge in [0.25, 0.3) is 5.69 Å². The fourth-order valence-electron chi connectivity index (χ4n) is 3.05. The fraction of sp³-hybridized carbons (Fsp3) is 0.333. The van der Waals surface area contributed by atoms with E-state index in [-0.39, 0.29) is 15.6 Å². The molecular formula is C12H6Cl2N2O4S2. The Morgan fingerprint density at radius 3 is 2.59 bits per heavy atom. The maximum Gasteiger partial charge on any atom is 0.305 e. The minimum atomic E-state index is -1.35. The third-order valence-corrected chi connectivity index (χ3v) is 8.49. The highest BCUT2D eigenvalue weighted by molar-refractivity contribution is 8.15. The number of benzene rings is 1. The average Bonchev–Trinajstić information content (AvgIpc) is 3.30. The Labute approximate surface area is 142 Å². The van der Waals surface area contributed by atoms with Crippen LogP contribution < -0.4 is 0 Å². The molecular weight excluding hydrogens is 371 g/mol. The van der Waals surface area contributed by atoms with Crippen LogP contribution in [0.5, 0.6) is 0 Å². The Kier molecular flexibility index (Phi) is 2.73. The second-order valence-corrected chi connectivity index (χ2v) is 9.38. The molecule has 2 heterocycles. The van der Waals surface area contributed by atoms with Gasteiger partial charge < -0.3 is 0 Å². The molecule has 0 N–H and O–H groups in total. The monoisotopic (exact) mass is 376 g/mol. The minimum Gasteiger partial charge on any atom is -0.263 e. The standard InChI is InChI=1S/C12H6Cl2N2O4S2/c13-6-1-2-7(8(5-6)15(17)18)10-3-4-11(14)9(21-11)12(10,22-10)16(19)20/h1-5,9H. The molecule has 1 aliphatic carbocycles. The number of halogens is 2. The van der Waals surface area contributed by atoms with Crippen LogP contribution >= 0.6 is 46.7 Å². The number of nitrogens with zero attached hydrogens (tertiary/aromatic N) is 2. The van der Waals surface area contributed by atoms with Gasteiger partial charge in [-0.2, -0.15) is 0 Å². The van der Waals surface area contributed by atoms with Crippen LogP contribution in [0.2, 0.25) is 5.02 Å². The third-order valence-electron chi connectivity index (χ3n) is 4.13. The van der Waals surface area contributed by atoms with Crippen LogP contribution in [0.1, 0.15) is 5.56 Å². The highest BCUT2D eigenvalue weighted by Gasteiger charge is 2.92. The number of alkyl halides is 1. The van der Waals surface area contributed by atoms with Crippen molar-refractivity contribution in [3.8, 4) is 0 Å². The molecule has 3 aliphatic rings. The van der Waals surface area contributed by atoms with Gasteiger partial charge in [0, 0.05) is 16.0 Å². The van der Waals surface area contributed by atoms with Gasteiger partial charge in [-0.25, -0.2) is 0 Å². The lowest BCUT2D eigenvalue weighted by molar-refractivity contribution is -0.529. The Hall–Kier alpha value is -0.960. The topological polar surface area (TPSA) is 86.3 Å². The van der Waals surface area contributed by atoms with Gasteiger partial charge in [0.2, 0.25) is 0 Å². The van der Waals surface area contributed by atoms with Crippen LogP contribution in [0.25, 0.3) is 0 Å². The molecule has 4 rings (SSSR count). The van der Waals surface area contributed by atoms with Crippen LogP contribution in [0.15, 0.2) is 30.4 Å². The molecule has 0 bridgehead atoms. The highest BCUT2D eigenvalue weighted by Crippen LogP contribution is 2.85. The number of hydrogen-bond donors (Lipinski definition) is 0. The van der Waals surface area contributed by atoms with Gasteiger partial charge in [-0.15, -0.1) is 23.4 Å². The van der Waals surface area contributed by atoms with Crippen molar-refractivity contribution in [2.75, 3.05) is 0 Å². The van der Waals surface area contributed by atoms with Gasteiger partial charge in [0.1, 0.15) is 9.46 Å². The van der Waals surface area contributed by atoms with Crippen molar-refractivity contribution in [2.45, 2.75) is 19.1 Å². The number of thioether (sulfide) groups is 2. The van der Waals surface area contributed by atoms with E-state index < -0.39 is 24.0 Å². The number of nitro groups is 2. The van der Waals surface area contributed by atoms with E-state index in [0.717, 1.165) is 11.8 Å². The fourth-order valence-corrected chi connectivity index (χ4v) is 6.92. The summed E-state index contributed by atoms with van der Waals surface area (Å²) in [5, 5.41) is 22.8. The van der Waals surface area contributed by atoms with Crippen LogP contribution in [-0.4, -0.2) is 24.2 Å². The number of hydrogen-bond acceptors (Lipinski definition) is 6. The normalized spacial score (nSPS) is 40.5. The van der Waals surface area contributed by atoms with E-state index >= 15 is 0 Å². The molecule has 0 amide bonds. The molecule has 0 radical (unpaired) electrons. The lowest BCUT2D eigenvalue weighted by Crippen LogP contribution is -2.41. The highest BCUT2D eigenvalue weighted by atomic mass is 35.5. The molecule has 6 nitrogen and oxygen atoms in total. The smallest absolute Gasteiger partial charge is 0.263 e. The van der Waals surface area contributed by atoms with E-state index in [1.165, 1.54) is 30.0 Å². The molecule has 10 heteroatoms. The zero-order valence-corrected chi connectivity index (χ0v) is 13.7. The SMILES string of the molecule is O=[N+]([O-])c1cc(Cl)ccc1C12C=CC3(Cl)SC3C1([N+](=O)[O-])S2. The van der Waals surface area contributed by atoms with Crippen molar-refractivity contribution in [1.29, 1.82) is 0 Å². The molecule has 1 aromatic carbocycles. The second-order valence-electron chi connectivity index (χ2n) is 5.24. The molecule has 22 heavy (non-hydrogen) atoms. The Bertz CT molecular complexity index is 790. The zero-order chi connectivity index (χ0) is 15.9. The van der Waals surface area contributed by atoms with E-state index in [0.29, 0.717) is 5.56 Å². The first-order chi connectivity index (χ1) is 10.3. The first-order valence-corrected chi connectivity index (χ1v) is 8.58. The van der Waals surface area contributed by atoms with Gasteiger partial charge in [-0.1, -0.05) is 35.5 Å². The van der Waals surface area contributed by atoms with Crippen molar-refractivity contribution in [3.63, 3.8) is 0 Å². The summed E-state index contributed by atoms with van der Waals surface area (Å²) in [7, 11) is 0. The number of nitro benzene ring substituents is 1. The van der Waals surface area contributed by atoms with E-state index in [1.54, 1.807) is 12.2 Å². The van der Waals surface area contributed by atoms with E-state index in [9.17, 15) is 20.2 Å². The molecule has 114 valence electrons. The van der Waals surface area contributed by atoms with Crippen molar-refractivity contribution in [2.24, 2.45) is 0 Å². The first-order valence-electron chi connectivity index (χ1n) is 6.13. The van der Waals surface area contributed by atoms with Crippen molar-refractivity contribution >= 4 is 52.4 Å². The van der Waals surface area contributed by atoms with Crippen molar-refractivity contribution in [1.82, 2.24) is 0 Å². The zero-order valence-electron chi connectivity index (χ0n) is 10.6. The van der Waals surface area contributed by atoms with Crippen molar-refractivity contribution < 1.29 is 9.85 Å². The van der Waals surface area contributed by atoms with Crippen LogP contribution in [-0.2, 0) is 4.75 Å². The predicted octanol–water partition coefficient (Wildman–Crippen LogP) is 3.78. The van der Waals surface area contributed by atoms with E-state index in [4.69, 9.17) is 23.2 Å². The summed E-state index contributed by atoms with van der Waals surface area (Å²) in [5.74, 6) is 0. The van der Waals surface area contributed by atoms with Gasteiger partial charge in [-0.05, 0) is 12.1 Å². The average molecular weight is 377 g/mol. The quantitative estimate of drug-likeness (QED) is 0.262. The summed E-state index contributed by atoms with van der Waals surface area (Å²) in [5.41, 5.74) is 0.0900. The first kappa shape index (κ1) is 14.6. The van der Waals surface area contributed by atoms with Crippen LogP contribution in [0.3, 0.4) is 0 Å². The lowest BCUT2D eigenvalue weighted by Gasteiger charge is -2.18. The maximum absolute atomic E-state index is 11.7. The summed E-state index contributed by atoms with van der Waals surface area (Å²) in [6, 6.07) is 4.24. The molecule has 0 spiro atoms. The molecule has 2 fully saturated rings. The molecule has 4 unspecified atom stereocenters. The summed E-state index contributed by atoms with van der Waals surface area (Å²) >= 11 is 14.5.